The molecule has 0 aliphatic heterocycles. The van der Waals surface area contributed by atoms with Gasteiger partial charge >= 0.3 is 0 Å². The molecule has 0 saturated heterocycles. The summed E-state index contributed by atoms with van der Waals surface area (Å²) in [6, 6.07) is 6.49. The zero-order chi connectivity index (χ0) is 11.7. The predicted molar refractivity (Wildman–Crippen MR) is 76.4 cm³/mol. The molecule has 90 valence electrons. The number of halogens is 1. The summed E-state index contributed by atoms with van der Waals surface area (Å²) >= 11 is 3.62. The highest BCUT2D eigenvalue weighted by atomic mass is 79.9. The van der Waals surface area contributed by atoms with Crippen molar-refractivity contribution in [1.82, 2.24) is 4.98 Å². The van der Waals surface area contributed by atoms with E-state index in [1.54, 1.807) is 0 Å². The Labute approximate surface area is 111 Å². The molecule has 1 N–H and O–H groups in total. The fraction of sp³-hybridized carbons (Fsp3) is 0.467. The minimum atomic E-state index is 0.764. The van der Waals surface area contributed by atoms with Gasteiger partial charge in [0, 0.05) is 16.1 Å². The molecule has 1 aliphatic rings. The monoisotopic (exact) mass is 291 g/mol. The van der Waals surface area contributed by atoms with Crippen LogP contribution in [0.4, 0.5) is 0 Å². The minimum absolute atomic E-state index is 0.764. The molecule has 2 heteroatoms. The lowest BCUT2D eigenvalue weighted by molar-refractivity contribution is 0.596. The highest BCUT2D eigenvalue weighted by molar-refractivity contribution is 9.10. The first-order valence-corrected chi connectivity index (χ1v) is 7.41. The maximum Gasteiger partial charge on any atom is 0.0601 e. The number of aromatic nitrogens is 1. The number of H-pyrrole nitrogens is 1. The van der Waals surface area contributed by atoms with Gasteiger partial charge in [0.15, 0.2) is 0 Å². The Morgan fingerprint density at radius 2 is 1.82 bits per heavy atom. The van der Waals surface area contributed by atoms with E-state index in [-0.39, 0.29) is 0 Å². The van der Waals surface area contributed by atoms with E-state index in [9.17, 15) is 0 Å². The van der Waals surface area contributed by atoms with Gasteiger partial charge in [-0.05, 0) is 46.3 Å². The molecule has 0 atom stereocenters. The van der Waals surface area contributed by atoms with E-state index in [0.717, 1.165) is 5.92 Å². The zero-order valence-electron chi connectivity index (χ0n) is 10.0. The first kappa shape index (κ1) is 11.3. The Morgan fingerprint density at radius 3 is 2.59 bits per heavy atom. The first-order chi connectivity index (χ1) is 8.36. The Balaban J connectivity index is 2.02. The fourth-order valence-corrected chi connectivity index (χ4v) is 3.55. The third-order valence-electron chi connectivity index (χ3n) is 3.99. The van der Waals surface area contributed by atoms with Crippen molar-refractivity contribution < 1.29 is 0 Å². The number of hydrogen-bond donors (Lipinski definition) is 1. The summed E-state index contributed by atoms with van der Waals surface area (Å²) in [6.45, 7) is 0. The molecule has 1 aliphatic carbocycles. The zero-order valence-corrected chi connectivity index (χ0v) is 11.6. The van der Waals surface area contributed by atoms with Crippen molar-refractivity contribution in [2.24, 2.45) is 0 Å². The van der Waals surface area contributed by atoms with E-state index in [2.05, 4.69) is 45.3 Å². The van der Waals surface area contributed by atoms with Gasteiger partial charge in [0.2, 0.25) is 0 Å². The van der Waals surface area contributed by atoms with Gasteiger partial charge in [0.25, 0.3) is 0 Å². The number of benzene rings is 1. The molecule has 1 aromatic carbocycles. The van der Waals surface area contributed by atoms with Crippen molar-refractivity contribution in [2.45, 2.75) is 44.4 Å². The van der Waals surface area contributed by atoms with Crippen molar-refractivity contribution >= 4 is 26.8 Å². The van der Waals surface area contributed by atoms with Crippen LogP contribution in [-0.4, -0.2) is 4.98 Å². The van der Waals surface area contributed by atoms with Crippen molar-refractivity contribution in [3.8, 4) is 0 Å². The number of aromatic amines is 1. The highest BCUT2D eigenvalue weighted by Gasteiger charge is 2.18. The third kappa shape index (κ3) is 2.15. The summed E-state index contributed by atoms with van der Waals surface area (Å²) in [5, 5.41) is 1.41. The van der Waals surface area contributed by atoms with Gasteiger partial charge in [-0.2, -0.15) is 0 Å². The maximum absolute atomic E-state index is 3.62. The molecule has 1 aromatic heterocycles. The Kier molecular flexibility index (Phi) is 3.24. The molecule has 0 spiro atoms. The summed E-state index contributed by atoms with van der Waals surface area (Å²) in [5.41, 5.74) is 2.79. The largest absolute Gasteiger partial charge is 0.360 e. The SMILES string of the molecule is Brc1cccc2c(C3CCCCCC3)c[nH]c12. The normalized spacial score (nSPS) is 18.4. The Hall–Kier alpha value is -0.760. The van der Waals surface area contributed by atoms with Crippen molar-refractivity contribution in [3.63, 3.8) is 0 Å². The van der Waals surface area contributed by atoms with Crippen LogP contribution in [0.3, 0.4) is 0 Å². The van der Waals surface area contributed by atoms with E-state index in [0.29, 0.717) is 0 Å². The molecule has 1 heterocycles. The summed E-state index contributed by atoms with van der Waals surface area (Å²) in [4.78, 5) is 3.43. The number of rotatable bonds is 1. The summed E-state index contributed by atoms with van der Waals surface area (Å²) in [7, 11) is 0. The average Bonchev–Trinajstić information content (AvgIpc) is 2.59. The van der Waals surface area contributed by atoms with E-state index < -0.39 is 0 Å². The van der Waals surface area contributed by atoms with Crippen molar-refractivity contribution in [2.75, 3.05) is 0 Å². The van der Waals surface area contributed by atoms with Gasteiger partial charge in [0.05, 0.1) is 5.52 Å². The predicted octanol–water partition coefficient (Wildman–Crippen LogP) is 5.37. The second-order valence-corrected chi connectivity index (χ2v) is 5.95. The minimum Gasteiger partial charge on any atom is -0.360 e. The van der Waals surface area contributed by atoms with Crippen molar-refractivity contribution in [3.05, 3.63) is 34.4 Å². The summed E-state index contributed by atoms with van der Waals surface area (Å²) < 4.78 is 1.18. The molecule has 1 fully saturated rings. The van der Waals surface area contributed by atoms with Crippen molar-refractivity contribution in [1.29, 1.82) is 0 Å². The Morgan fingerprint density at radius 1 is 1.06 bits per heavy atom. The summed E-state index contributed by atoms with van der Waals surface area (Å²) in [6.07, 6.45) is 10.6. The number of fused-ring (bicyclic) bond motifs is 1. The number of para-hydroxylation sites is 1. The fourth-order valence-electron chi connectivity index (χ4n) is 3.07. The van der Waals surface area contributed by atoms with Gasteiger partial charge in [-0.3, -0.25) is 0 Å². The van der Waals surface area contributed by atoms with Crippen LogP contribution in [0.15, 0.2) is 28.9 Å². The molecule has 0 amide bonds. The lowest BCUT2D eigenvalue weighted by Gasteiger charge is -2.12. The summed E-state index contributed by atoms with van der Waals surface area (Å²) in [5.74, 6) is 0.764. The van der Waals surface area contributed by atoms with Crippen LogP contribution < -0.4 is 0 Å². The van der Waals surface area contributed by atoms with E-state index in [1.807, 2.05) is 0 Å². The second kappa shape index (κ2) is 4.85. The lowest BCUT2D eigenvalue weighted by atomic mass is 9.91. The lowest BCUT2D eigenvalue weighted by Crippen LogP contribution is -1.95. The van der Waals surface area contributed by atoms with Crippen LogP contribution >= 0.6 is 15.9 Å². The van der Waals surface area contributed by atoms with Crippen LogP contribution in [0.25, 0.3) is 10.9 Å². The highest BCUT2D eigenvalue weighted by Crippen LogP contribution is 2.36. The first-order valence-electron chi connectivity index (χ1n) is 6.62. The topological polar surface area (TPSA) is 15.8 Å². The molecule has 1 nitrogen and oxygen atoms in total. The molecule has 3 rings (SSSR count). The van der Waals surface area contributed by atoms with Gasteiger partial charge < -0.3 is 4.98 Å². The molecule has 1 saturated carbocycles. The van der Waals surface area contributed by atoms with E-state index >= 15 is 0 Å². The standard InChI is InChI=1S/C15H18BrN/c16-14-9-5-8-12-13(10-17-15(12)14)11-6-3-1-2-4-7-11/h5,8-11,17H,1-4,6-7H2. The van der Waals surface area contributed by atoms with Crippen LogP contribution in [0.1, 0.15) is 50.0 Å². The van der Waals surface area contributed by atoms with E-state index in [4.69, 9.17) is 0 Å². The molecule has 0 unspecified atom stereocenters. The van der Waals surface area contributed by atoms with Crippen LogP contribution in [0, 0.1) is 0 Å². The van der Waals surface area contributed by atoms with Gasteiger partial charge in [-0.15, -0.1) is 0 Å². The quantitative estimate of drug-likeness (QED) is 0.680. The molecular weight excluding hydrogens is 274 g/mol. The van der Waals surface area contributed by atoms with Gasteiger partial charge in [0.1, 0.15) is 0 Å². The molecule has 0 radical (unpaired) electrons. The van der Waals surface area contributed by atoms with E-state index in [1.165, 1.54) is 59.5 Å². The smallest absolute Gasteiger partial charge is 0.0601 e. The molecule has 17 heavy (non-hydrogen) atoms. The number of hydrogen-bond acceptors (Lipinski definition) is 0. The van der Waals surface area contributed by atoms with Crippen LogP contribution in [0.5, 0.6) is 0 Å². The number of nitrogens with one attached hydrogen (secondary N) is 1. The second-order valence-electron chi connectivity index (χ2n) is 5.09. The van der Waals surface area contributed by atoms with Gasteiger partial charge in [-0.1, -0.05) is 37.8 Å². The van der Waals surface area contributed by atoms with Crippen LogP contribution in [-0.2, 0) is 0 Å². The Bertz CT molecular complexity index is 507. The maximum atomic E-state index is 3.62. The molecule has 2 aromatic rings. The third-order valence-corrected chi connectivity index (χ3v) is 4.65. The van der Waals surface area contributed by atoms with Gasteiger partial charge in [-0.25, -0.2) is 0 Å². The van der Waals surface area contributed by atoms with Crippen LogP contribution in [0.2, 0.25) is 0 Å². The molecular formula is C15H18BrN. The molecule has 0 bridgehead atoms. The average molecular weight is 292 g/mol.